The van der Waals surface area contributed by atoms with E-state index in [0.29, 0.717) is 57.2 Å². The highest BCUT2D eigenvalue weighted by atomic mass is 32.2. The number of thioether (sulfide) groups is 1. The summed E-state index contributed by atoms with van der Waals surface area (Å²) in [6, 6.07) is -15.2. The number of rotatable bonds is 55. The summed E-state index contributed by atoms with van der Waals surface area (Å²) in [7, 11) is 0. The van der Waals surface area contributed by atoms with Crippen LogP contribution in [-0.4, -0.2) is 224 Å². The molecule has 1 fully saturated rings. The molecule has 0 unspecified atom stereocenters. The fourth-order valence-electron chi connectivity index (χ4n) is 11.0. The second-order valence-corrected chi connectivity index (χ2v) is 27.8. The molecule has 38 nitrogen and oxygen atoms in total. The fourth-order valence-corrected chi connectivity index (χ4v) is 11.4. The van der Waals surface area contributed by atoms with E-state index < -0.39 is 161 Å². The maximum atomic E-state index is 14.6. The Morgan fingerprint density at radius 2 is 0.790 bits per heavy atom. The molecule has 0 bridgehead atoms. The highest BCUT2D eigenvalue weighted by Gasteiger charge is 2.38. The first-order valence-corrected chi connectivity index (χ1v) is 37.7. The van der Waals surface area contributed by atoms with Gasteiger partial charge >= 0.3 is 5.97 Å². The van der Waals surface area contributed by atoms with E-state index in [0.717, 1.165) is 6.42 Å². The third-order valence-electron chi connectivity index (χ3n) is 17.5. The molecule has 1 aliphatic rings. The van der Waals surface area contributed by atoms with Crippen molar-refractivity contribution in [1.29, 1.82) is 0 Å². The van der Waals surface area contributed by atoms with Crippen molar-refractivity contribution in [3.8, 4) is 0 Å². The summed E-state index contributed by atoms with van der Waals surface area (Å²) in [6.07, 6.45) is 5.18. The number of carboxylic acid groups (broad SMARTS) is 1. The summed E-state index contributed by atoms with van der Waals surface area (Å²) in [6.45, 7) is 13.1. The zero-order chi connectivity index (χ0) is 79.3. The van der Waals surface area contributed by atoms with Gasteiger partial charge in [0.05, 0.1) is 6.04 Å². The first-order valence-electron chi connectivity index (χ1n) is 36.3. The van der Waals surface area contributed by atoms with E-state index in [4.69, 9.17) is 51.6 Å². The van der Waals surface area contributed by atoms with Crippen LogP contribution in [0.2, 0.25) is 0 Å². The average Bonchev–Trinajstić information content (AvgIpc) is 1.33. The van der Waals surface area contributed by atoms with Crippen molar-refractivity contribution in [1.82, 2.24) is 63.8 Å². The van der Waals surface area contributed by atoms with Crippen molar-refractivity contribution in [2.75, 3.05) is 51.3 Å². The average molecular weight is 1510 g/mol. The molecule has 1 heterocycles. The van der Waals surface area contributed by atoms with E-state index in [1.54, 1.807) is 47.8 Å². The molecule has 0 saturated carbocycles. The van der Waals surface area contributed by atoms with Gasteiger partial charge in [0, 0.05) is 26.1 Å². The van der Waals surface area contributed by atoms with Crippen LogP contribution in [0.3, 0.4) is 0 Å². The molecule has 598 valence electrons. The first-order chi connectivity index (χ1) is 49.6. The van der Waals surface area contributed by atoms with Crippen molar-refractivity contribution in [3.63, 3.8) is 0 Å². The van der Waals surface area contributed by atoms with Crippen molar-refractivity contribution >= 4 is 106 Å². The molecule has 0 aromatic heterocycles. The number of hydrogen-bond acceptors (Lipinski definition) is 20. The van der Waals surface area contributed by atoms with E-state index in [1.807, 2.05) is 0 Å². The molecule has 39 heteroatoms. The highest BCUT2D eigenvalue weighted by molar-refractivity contribution is 7.98. The number of aliphatic imine (C=N–C) groups is 3. The molecule has 0 spiro atoms. The lowest BCUT2D eigenvalue weighted by Gasteiger charge is -2.30. The predicted octanol–water partition coefficient (Wildman–Crippen LogP) is -5.25. The summed E-state index contributed by atoms with van der Waals surface area (Å²) in [5, 5.41) is 42.5. The number of carbonyl (C=O) groups excluding carboxylic acids is 12. The van der Waals surface area contributed by atoms with E-state index in [2.05, 4.69) is 78.8 Å². The Morgan fingerprint density at radius 3 is 1.15 bits per heavy atom. The molecule has 1 aliphatic heterocycles. The second kappa shape index (κ2) is 52.2. The summed E-state index contributed by atoms with van der Waals surface area (Å²) in [5.41, 5.74) is 50.3. The SMILES string of the molecule is CC[C@H](C)[C@H](NC(=O)[C@H](CCCN=C(N)N)NC(=O)[C@H](CCCN=C(N)N)NC(=O)[C@@H]1CCCN1)C(=O)N[C@@H](CCCCN)C(=O)N[C@@H](C)C(=O)N[C@@H](CCCN=C(N)N)C(=O)N[C@@H](CCCCN)C(=O)N[C@H](C(=O)N[C@@H](CCSC)C(=O)N[C@@H](CC(C)C)C(=O)N[C@@H](CCC(N)=O)C(=O)O)[C@@H](C)CC. The molecular formula is C66H124N24O14S. The van der Waals surface area contributed by atoms with Crippen molar-refractivity contribution in [2.45, 2.75) is 249 Å². The van der Waals surface area contributed by atoms with Crippen LogP contribution in [0.4, 0.5) is 0 Å². The zero-order valence-corrected chi connectivity index (χ0v) is 63.3. The molecule has 0 radical (unpaired) electrons. The van der Waals surface area contributed by atoms with Gasteiger partial charge in [0.15, 0.2) is 17.9 Å². The second-order valence-electron chi connectivity index (χ2n) is 26.8. The monoisotopic (exact) mass is 1510 g/mol. The van der Waals surface area contributed by atoms with Gasteiger partial charge in [-0.3, -0.25) is 72.5 Å². The minimum atomic E-state index is -1.50. The third-order valence-corrected chi connectivity index (χ3v) is 18.1. The molecule has 105 heavy (non-hydrogen) atoms. The van der Waals surface area contributed by atoms with Crippen LogP contribution in [0, 0.1) is 17.8 Å². The molecule has 1 saturated heterocycles. The van der Waals surface area contributed by atoms with Crippen LogP contribution < -0.4 is 115 Å². The number of nitrogens with one attached hydrogen (secondary N) is 12. The summed E-state index contributed by atoms with van der Waals surface area (Å²) >= 11 is 1.36. The Labute approximate surface area is 620 Å². The lowest BCUT2D eigenvalue weighted by molar-refractivity contribution is -0.142. The number of carboxylic acids is 1. The molecule has 0 aromatic rings. The van der Waals surface area contributed by atoms with Crippen LogP contribution in [0.25, 0.3) is 0 Å². The summed E-state index contributed by atoms with van der Waals surface area (Å²) in [5.74, 6) is -12.3. The minimum Gasteiger partial charge on any atom is -0.480 e. The molecule has 31 N–H and O–H groups in total. The standard InChI is InChI=1S/C66H124N24O14S/c1-9-37(5)50(90-59(99)45(24-18-33-79-66(74)75)84-56(96)44(23-17-32-78-65(72)73)82-53(93)40-21-15-30-76-40)61(101)85-41(19-11-13-28-67)54(94)80-39(7)52(92)81-43(22-16-31-77-64(70)71)55(95)83-42(20-12-14-29-68)58(98)89-51(38(6)10-2)62(102)86-46(27-34-105-8)57(97)88-48(35-36(3)4)60(100)87-47(63(103)104)25-26-49(69)91/h36-48,50-51,76H,9-35,67-68H2,1-8H3,(H2,69,91)(H,80,94)(H,81,92)(H,82,93)(H,83,95)(H,84,96)(H,85,101)(H,86,102)(H,87,100)(H,88,97)(H,89,98)(H,90,99)(H,103,104)(H4,70,71,77)(H4,72,73,78)(H4,74,75,79)/t37-,38-,39-,40-,41-,42-,43-,44-,45-,46-,47-,48-,50-,51-/m0/s1. The van der Waals surface area contributed by atoms with E-state index >= 15 is 0 Å². The van der Waals surface area contributed by atoms with Crippen molar-refractivity contribution in [2.24, 2.45) is 84.3 Å². The van der Waals surface area contributed by atoms with Gasteiger partial charge in [0.25, 0.3) is 0 Å². The van der Waals surface area contributed by atoms with E-state index in [1.165, 1.54) is 18.7 Å². The number of primary amides is 1. The molecule has 12 amide bonds. The Bertz CT molecular complexity index is 2880. The van der Waals surface area contributed by atoms with Gasteiger partial charge in [0.1, 0.15) is 66.5 Å². The van der Waals surface area contributed by atoms with E-state index in [-0.39, 0.29) is 134 Å². The van der Waals surface area contributed by atoms with Gasteiger partial charge in [-0.15, -0.1) is 0 Å². The quantitative estimate of drug-likeness (QED) is 0.0154. The van der Waals surface area contributed by atoms with Gasteiger partial charge in [-0.1, -0.05) is 54.4 Å². The van der Waals surface area contributed by atoms with Crippen molar-refractivity contribution in [3.05, 3.63) is 0 Å². The fraction of sp³-hybridized carbons (Fsp3) is 0.758. The number of guanidine groups is 3. The number of amides is 12. The summed E-state index contributed by atoms with van der Waals surface area (Å²) < 4.78 is 0. The molecule has 1 rings (SSSR count). The Hall–Kier alpha value is -8.85. The third kappa shape index (κ3) is 38.7. The van der Waals surface area contributed by atoms with Gasteiger partial charge in [-0.2, -0.15) is 11.8 Å². The van der Waals surface area contributed by atoms with Crippen molar-refractivity contribution < 1.29 is 67.4 Å². The van der Waals surface area contributed by atoms with Crippen LogP contribution in [0.1, 0.15) is 177 Å². The zero-order valence-electron chi connectivity index (χ0n) is 62.5. The largest absolute Gasteiger partial charge is 0.480 e. The predicted molar refractivity (Wildman–Crippen MR) is 401 cm³/mol. The molecule has 14 atom stereocenters. The molecular weight excluding hydrogens is 1380 g/mol. The lowest BCUT2D eigenvalue weighted by atomic mass is 9.96. The number of nitrogens with zero attached hydrogens (tertiary/aromatic N) is 3. The molecule has 0 aliphatic carbocycles. The normalized spacial score (nSPS) is 16.2. The Kier molecular flexibility index (Phi) is 46.8. The number of unbranched alkanes of at least 4 members (excludes halogenated alkanes) is 2. The highest BCUT2D eigenvalue weighted by Crippen LogP contribution is 2.17. The number of hydrogen-bond donors (Lipinski definition) is 22. The van der Waals surface area contributed by atoms with Gasteiger partial charge in [-0.05, 0) is 165 Å². The minimum absolute atomic E-state index is 0.00382. The van der Waals surface area contributed by atoms with Crippen LogP contribution in [0.5, 0.6) is 0 Å². The van der Waals surface area contributed by atoms with Gasteiger partial charge in [0.2, 0.25) is 70.9 Å². The number of carbonyl (C=O) groups is 13. The maximum Gasteiger partial charge on any atom is 0.326 e. The Morgan fingerprint density at radius 1 is 0.438 bits per heavy atom. The van der Waals surface area contributed by atoms with Crippen LogP contribution in [-0.2, 0) is 62.3 Å². The topological polar surface area (TPSA) is 658 Å². The maximum absolute atomic E-state index is 14.6. The van der Waals surface area contributed by atoms with Crippen LogP contribution in [0.15, 0.2) is 15.0 Å². The Balaban J connectivity index is 3.66. The molecule has 0 aromatic carbocycles. The number of nitrogens with two attached hydrogens (primary N) is 9. The smallest absolute Gasteiger partial charge is 0.326 e. The van der Waals surface area contributed by atoms with Gasteiger partial charge < -0.3 is 121 Å². The first kappa shape index (κ1) is 94.2. The van der Waals surface area contributed by atoms with Crippen LogP contribution >= 0.6 is 11.8 Å². The summed E-state index contributed by atoms with van der Waals surface area (Å²) in [4.78, 5) is 192. The lowest BCUT2D eigenvalue weighted by Crippen LogP contribution is -2.61. The van der Waals surface area contributed by atoms with Gasteiger partial charge in [-0.25, -0.2) is 4.79 Å². The van der Waals surface area contributed by atoms with E-state index in [9.17, 15) is 67.4 Å². The number of aliphatic carboxylic acids is 1.